The van der Waals surface area contributed by atoms with Crippen molar-refractivity contribution >= 4 is 22.0 Å². The van der Waals surface area contributed by atoms with Gasteiger partial charge in [0.25, 0.3) is 5.91 Å². The highest BCUT2D eigenvalue weighted by atomic mass is 32.2. The normalized spacial score (nSPS) is 18.2. The molecule has 1 heterocycles. The third-order valence-electron chi connectivity index (χ3n) is 5.65. The van der Waals surface area contributed by atoms with Gasteiger partial charge < -0.3 is 14.7 Å². The maximum Gasteiger partial charge on any atom is 0.534 e. The van der Waals surface area contributed by atoms with E-state index in [1.54, 1.807) is 54.6 Å². The number of amides is 1. The van der Waals surface area contributed by atoms with E-state index >= 15 is 0 Å². The Bertz CT molecular complexity index is 1460. The quantitative estimate of drug-likeness (QED) is 0.393. The number of alkyl halides is 3. The Morgan fingerprint density at radius 2 is 1.56 bits per heavy atom. The summed E-state index contributed by atoms with van der Waals surface area (Å²) in [4.78, 5) is 19.1. The lowest BCUT2D eigenvalue weighted by Gasteiger charge is -2.26. The van der Waals surface area contributed by atoms with E-state index in [-0.39, 0.29) is 17.3 Å². The van der Waals surface area contributed by atoms with Crippen molar-refractivity contribution in [1.82, 2.24) is 4.90 Å². The smallest absolute Gasteiger partial charge is 0.497 e. The predicted octanol–water partition coefficient (Wildman–Crippen LogP) is 3.62. The van der Waals surface area contributed by atoms with Gasteiger partial charge in [-0.2, -0.15) is 21.6 Å². The van der Waals surface area contributed by atoms with E-state index < -0.39 is 32.8 Å². The first-order valence-corrected chi connectivity index (χ1v) is 11.8. The molecule has 3 aromatic carbocycles. The zero-order valence-corrected chi connectivity index (χ0v) is 19.8. The number of carbonyl (C=O) groups is 1. The average molecular weight is 520 g/mol. The van der Waals surface area contributed by atoms with E-state index in [1.807, 2.05) is 0 Å². The number of nitrogens with zero attached hydrogens (tertiary/aromatic N) is 2. The summed E-state index contributed by atoms with van der Waals surface area (Å²) in [5.41, 5.74) is 0.614. The lowest BCUT2D eigenvalue weighted by molar-refractivity contribution is -0.129. The summed E-state index contributed by atoms with van der Waals surface area (Å²) < 4.78 is 71.1. The maximum atomic E-state index is 13.4. The van der Waals surface area contributed by atoms with E-state index in [9.17, 15) is 26.4 Å². The van der Waals surface area contributed by atoms with E-state index in [1.165, 1.54) is 25.1 Å². The fourth-order valence-corrected chi connectivity index (χ4v) is 4.31. The number of ether oxygens (including phenoxy) is 1. The first-order chi connectivity index (χ1) is 16.9. The number of halogens is 3. The second-order valence-corrected chi connectivity index (χ2v) is 9.41. The van der Waals surface area contributed by atoms with Crippen LogP contribution in [0.3, 0.4) is 0 Å². The van der Waals surface area contributed by atoms with Crippen molar-refractivity contribution in [2.75, 3.05) is 14.2 Å². The molecular weight excluding hydrogens is 499 g/mol. The molecule has 188 valence electrons. The van der Waals surface area contributed by atoms with Crippen molar-refractivity contribution < 1.29 is 35.3 Å². The average Bonchev–Trinajstić information content (AvgIpc) is 3.08. The van der Waals surface area contributed by atoms with Gasteiger partial charge in [-0.1, -0.05) is 48.5 Å². The summed E-state index contributed by atoms with van der Waals surface area (Å²) in [6, 6.07) is 19.0. The summed E-state index contributed by atoms with van der Waals surface area (Å²) in [7, 11) is -3.13. The highest BCUT2D eigenvalue weighted by molar-refractivity contribution is 7.88. The summed E-state index contributed by atoms with van der Waals surface area (Å²) in [6.07, 6.45) is 0. The Morgan fingerprint density at radius 3 is 2.14 bits per heavy atom. The molecule has 0 fully saturated rings. The molecule has 1 aliphatic rings. The fraction of sp³-hybridized carbons (Fsp3) is 0.167. The van der Waals surface area contributed by atoms with Crippen LogP contribution >= 0.6 is 0 Å². The van der Waals surface area contributed by atoms with Crippen molar-refractivity contribution in [1.29, 1.82) is 0 Å². The number of methoxy groups -OCH3 is 1. The molecule has 12 heteroatoms. The Hall–Kier alpha value is -4.06. The van der Waals surface area contributed by atoms with Gasteiger partial charge in [0.15, 0.2) is 11.5 Å². The lowest BCUT2D eigenvalue weighted by atomic mass is 9.82. The van der Waals surface area contributed by atoms with Crippen LogP contribution in [0.5, 0.6) is 11.5 Å². The third-order valence-corrected chi connectivity index (χ3v) is 6.63. The molecule has 0 aliphatic carbocycles. The molecule has 0 aromatic heterocycles. The van der Waals surface area contributed by atoms with Gasteiger partial charge in [-0.25, -0.2) is 4.99 Å². The first-order valence-electron chi connectivity index (χ1n) is 10.4. The van der Waals surface area contributed by atoms with Crippen molar-refractivity contribution in [3.8, 4) is 22.6 Å². The van der Waals surface area contributed by atoms with Crippen LogP contribution in [-0.2, 0) is 20.5 Å². The Kier molecular flexibility index (Phi) is 6.17. The number of nitrogens with two attached hydrogens (primary N) is 1. The SMILES string of the molecule is COc1cc(OS(=O)(=O)C(F)(F)F)cc(-c2cccc(C3(c4ccccc4)N=C(N)N(C)C3=O)c2)c1. The molecule has 4 rings (SSSR count). The number of hydrogen-bond acceptors (Lipinski definition) is 7. The molecule has 1 amide bonds. The Labute approximate surface area is 204 Å². The summed E-state index contributed by atoms with van der Waals surface area (Å²) in [5, 5.41) is 0. The first kappa shape index (κ1) is 25.0. The minimum Gasteiger partial charge on any atom is -0.497 e. The largest absolute Gasteiger partial charge is 0.534 e. The van der Waals surface area contributed by atoms with E-state index in [0.717, 1.165) is 12.1 Å². The number of rotatable bonds is 6. The van der Waals surface area contributed by atoms with Crippen LogP contribution in [0.1, 0.15) is 11.1 Å². The monoisotopic (exact) mass is 519 g/mol. The van der Waals surface area contributed by atoms with E-state index in [0.29, 0.717) is 16.7 Å². The molecule has 0 bridgehead atoms. The van der Waals surface area contributed by atoms with Gasteiger partial charge in [-0.3, -0.25) is 9.69 Å². The second kappa shape index (κ2) is 8.86. The molecule has 2 N–H and O–H groups in total. The molecule has 3 aromatic rings. The zero-order valence-electron chi connectivity index (χ0n) is 19.0. The van der Waals surface area contributed by atoms with Crippen molar-refractivity contribution in [3.05, 3.63) is 83.9 Å². The van der Waals surface area contributed by atoms with Crippen molar-refractivity contribution in [2.24, 2.45) is 10.7 Å². The number of likely N-dealkylation sites (N-methyl/N-ethyl adjacent to an activating group) is 1. The van der Waals surface area contributed by atoms with Gasteiger partial charge in [0.1, 0.15) is 11.5 Å². The van der Waals surface area contributed by atoms with Gasteiger partial charge >= 0.3 is 15.6 Å². The molecule has 1 unspecified atom stereocenters. The number of guanidine groups is 1. The minimum atomic E-state index is -5.90. The van der Waals surface area contributed by atoms with Gasteiger partial charge in [0.05, 0.1) is 7.11 Å². The van der Waals surface area contributed by atoms with Crippen LogP contribution in [0.25, 0.3) is 11.1 Å². The van der Waals surface area contributed by atoms with Gasteiger partial charge in [0, 0.05) is 13.1 Å². The van der Waals surface area contributed by atoms with Crippen molar-refractivity contribution in [3.63, 3.8) is 0 Å². The van der Waals surface area contributed by atoms with E-state index in [4.69, 9.17) is 10.5 Å². The standard InChI is InChI=1S/C24H20F3N3O5S/c1-30-21(31)23(29-22(30)28,17-8-4-3-5-9-17)18-10-6-7-15(11-18)16-12-19(34-2)14-20(13-16)35-36(32,33)24(25,26)27/h3-14H,1-2H3,(H2,28,29). The summed E-state index contributed by atoms with van der Waals surface area (Å²) in [5.74, 6) is -0.913. The Morgan fingerprint density at radius 1 is 0.917 bits per heavy atom. The number of hydrogen-bond donors (Lipinski definition) is 1. The molecule has 1 aliphatic heterocycles. The van der Waals surface area contributed by atoms with Crippen LogP contribution in [0.2, 0.25) is 0 Å². The predicted molar refractivity (Wildman–Crippen MR) is 126 cm³/mol. The summed E-state index contributed by atoms with van der Waals surface area (Å²) in [6.45, 7) is 0. The highest BCUT2D eigenvalue weighted by Gasteiger charge is 2.50. The molecule has 0 saturated carbocycles. The maximum absolute atomic E-state index is 13.4. The third kappa shape index (κ3) is 4.24. The van der Waals surface area contributed by atoms with Crippen LogP contribution in [0.4, 0.5) is 13.2 Å². The molecule has 36 heavy (non-hydrogen) atoms. The number of benzene rings is 3. The van der Waals surface area contributed by atoms with Crippen LogP contribution < -0.4 is 14.7 Å². The summed E-state index contributed by atoms with van der Waals surface area (Å²) >= 11 is 0. The van der Waals surface area contributed by atoms with Crippen LogP contribution in [0, 0.1) is 0 Å². The molecule has 0 spiro atoms. The molecule has 8 nitrogen and oxygen atoms in total. The molecule has 0 radical (unpaired) electrons. The van der Waals surface area contributed by atoms with Crippen LogP contribution in [-0.4, -0.2) is 44.9 Å². The van der Waals surface area contributed by atoms with E-state index in [2.05, 4.69) is 9.18 Å². The highest BCUT2D eigenvalue weighted by Crippen LogP contribution is 2.41. The minimum absolute atomic E-state index is 0.0173. The van der Waals surface area contributed by atoms with Crippen molar-refractivity contribution in [2.45, 2.75) is 11.0 Å². The van der Waals surface area contributed by atoms with Gasteiger partial charge in [-0.15, -0.1) is 0 Å². The molecule has 1 atom stereocenters. The Balaban J connectivity index is 1.86. The fourth-order valence-electron chi connectivity index (χ4n) is 3.87. The topological polar surface area (TPSA) is 111 Å². The van der Waals surface area contributed by atoms with Gasteiger partial charge in [-0.05, 0) is 40.5 Å². The van der Waals surface area contributed by atoms with Gasteiger partial charge in [0.2, 0.25) is 0 Å². The lowest BCUT2D eigenvalue weighted by Crippen LogP contribution is -2.41. The second-order valence-electron chi connectivity index (χ2n) is 7.87. The zero-order chi connectivity index (χ0) is 26.3. The number of aliphatic imine (C=N–C) groups is 1. The molecular formula is C24H20F3N3O5S. The molecule has 0 saturated heterocycles. The van der Waals surface area contributed by atoms with Crippen LogP contribution in [0.15, 0.2) is 77.8 Å². The number of carbonyl (C=O) groups excluding carboxylic acids is 1.